The topological polar surface area (TPSA) is 107 Å². The Hall–Kier alpha value is -4.89. The van der Waals surface area contributed by atoms with Gasteiger partial charge in [-0.1, -0.05) is 48.0 Å². The van der Waals surface area contributed by atoms with Crippen LogP contribution in [0, 0.1) is 6.92 Å². The molecule has 0 radical (unpaired) electrons. The smallest absolute Gasteiger partial charge is 0.287 e. The van der Waals surface area contributed by atoms with Crippen LogP contribution in [0.3, 0.4) is 0 Å². The van der Waals surface area contributed by atoms with E-state index in [0.717, 1.165) is 5.69 Å². The molecule has 4 aromatic rings. The van der Waals surface area contributed by atoms with Gasteiger partial charge in [-0.15, -0.1) is 0 Å². The number of carbonyl (C=O) groups is 2. The second-order valence-electron chi connectivity index (χ2n) is 8.22. The second kappa shape index (κ2) is 12.6. The quantitative estimate of drug-likeness (QED) is 0.180. The maximum Gasteiger partial charge on any atom is 0.287 e. The van der Waals surface area contributed by atoms with Crippen molar-refractivity contribution >= 4 is 35.7 Å². The molecule has 4 rings (SSSR count). The molecule has 0 fully saturated rings. The Morgan fingerprint density at radius 3 is 2.33 bits per heavy atom. The van der Waals surface area contributed by atoms with Gasteiger partial charge in [0.1, 0.15) is 22.3 Å². The number of para-hydroxylation sites is 1. The van der Waals surface area contributed by atoms with Gasteiger partial charge in [-0.2, -0.15) is 10.2 Å². The zero-order valence-electron chi connectivity index (χ0n) is 21.5. The minimum absolute atomic E-state index is 0.0488. The Bertz CT molecular complexity index is 1530. The zero-order chi connectivity index (χ0) is 27.8. The third-order valence-electron chi connectivity index (χ3n) is 5.68. The van der Waals surface area contributed by atoms with E-state index < -0.39 is 11.8 Å². The first-order chi connectivity index (χ1) is 18.9. The molecule has 1 heterocycles. The van der Waals surface area contributed by atoms with E-state index in [1.807, 2.05) is 30.3 Å². The van der Waals surface area contributed by atoms with Crippen LogP contribution in [-0.4, -0.2) is 42.0 Å². The molecule has 0 aliphatic heterocycles. The average molecular weight is 544 g/mol. The summed E-state index contributed by atoms with van der Waals surface area (Å²) in [5.74, 6) is -0.0850. The van der Waals surface area contributed by atoms with Crippen LogP contribution in [0.15, 0.2) is 89.7 Å². The molecule has 2 N–H and O–H groups in total. The number of benzene rings is 3. The van der Waals surface area contributed by atoms with Gasteiger partial charge in [-0.25, -0.2) is 10.1 Å². The maximum absolute atomic E-state index is 13.2. The number of nitrogens with zero attached hydrogens (tertiary/aromatic N) is 3. The largest absolute Gasteiger partial charge is 0.497 e. The van der Waals surface area contributed by atoms with Crippen LogP contribution in [0.4, 0.5) is 0 Å². The molecular formula is C29H26ClN5O4. The number of nitrogens with one attached hydrogen (secondary N) is 2. The molecule has 9 nitrogen and oxygen atoms in total. The minimum atomic E-state index is -0.655. The van der Waals surface area contributed by atoms with Gasteiger partial charge >= 0.3 is 0 Å². The molecule has 0 unspecified atom stereocenters. The molecule has 0 aliphatic rings. The van der Waals surface area contributed by atoms with Gasteiger partial charge in [-0.05, 0) is 49.4 Å². The first-order valence-electron chi connectivity index (χ1n) is 11.9. The highest BCUT2D eigenvalue weighted by atomic mass is 35.5. The van der Waals surface area contributed by atoms with Gasteiger partial charge in [0.25, 0.3) is 11.8 Å². The van der Waals surface area contributed by atoms with E-state index >= 15 is 0 Å². The summed E-state index contributed by atoms with van der Waals surface area (Å²) in [6.45, 7) is 1.79. The van der Waals surface area contributed by atoms with E-state index in [2.05, 4.69) is 20.9 Å². The third-order valence-corrected chi connectivity index (χ3v) is 6.04. The Morgan fingerprint density at radius 2 is 1.67 bits per heavy atom. The number of carbonyl (C=O) groups excluding carboxylic acids is 2. The first-order valence-corrected chi connectivity index (χ1v) is 12.2. The lowest BCUT2D eigenvalue weighted by Crippen LogP contribution is -2.32. The Morgan fingerprint density at radius 1 is 0.974 bits per heavy atom. The fraction of sp³-hybridized carbons (Fsp3) is 0.103. The normalized spacial score (nSPS) is 11.3. The molecule has 0 saturated heterocycles. The van der Waals surface area contributed by atoms with Crippen molar-refractivity contribution in [1.29, 1.82) is 0 Å². The highest BCUT2D eigenvalue weighted by Crippen LogP contribution is 2.26. The number of methoxy groups -OCH3 is 2. The van der Waals surface area contributed by atoms with Crippen LogP contribution in [0.5, 0.6) is 11.5 Å². The predicted octanol–water partition coefficient (Wildman–Crippen LogP) is 4.77. The van der Waals surface area contributed by atoms with Crippen LogP contribution in [0.25, 0.3) is 11.8 Å². The summed E-state index contributed by atoms with van der Waals surface area (Å²) in [6, 6.07) is 23.1. The van der Waals surface area contributed by atoms with E-state index in [1.54, 1.807) is 67.2 Å². The van der Waals surface area contributed by atoms with Gasteiger partial charge in [0, 0.05) is 17.2 Å². The summed E-state index contributed by atoms with van der Waals surface area (Å²) in [4.78, 5) is 26.1. The van der Waals surface area contributed by atoms with Gasteiger partial charge in [0.2, 0.25) is 0 Å². The van der Waals surface area contributed by atoms with E-state index in [9.17, 15) is 9.59 Å². The molecule has 10 heteroatoms. The summed E-state index contributed by atoms with van der Waals surface area (Å²) >= 11 is 6.55. The summed E-state index contributed by atoms with van der Waals surface area (Å²) < 4.78 is 12.3. The van der Waals surface area contributed by atoms with Crippen molar-refractivity contribution < 1.29 is 19.1 Å². The molecule has 3 aromatic carbocycles. The zero-order valence-corrected chi connectivity index (χ0v) is 22.3. The number of ether oxygens (including phenoxy) is 2. The SMILES string of the molecule is COc1ccc(C=C(NC(=O)c2ccccc2)C(=O)NN=Cc2c(C)nn(-c3ccccc3)c2Cl)c(OC)c1. The van der Waals surface area contributed by atoms with Crippen molar-refractivity contribution in [3.8, 4) is 17.2 Å². The molecule has 39 heavy (non-hydrogen) atoms. The van der Waals surface area contributed by atoms with Crippen LogP contribution in [-0.2, 0) is 4.79 Å². The van der Waals surface area contributed by atoms with Crippen molar-refractivity contribution in [2.45, 2.75) is 6.92 Å². The lowest BCUT2D eigenvalue weighted by atomic mass is 10.1. The lowest BCUT2D eigenvalue weighted by molar-refractivity contribution is -0.117. The number of amides is 2. The molecule has 0 atom stereocenters. The van der Waals surface area contributed by atoms with E-state index in [4.69, 9.17) is 21.1 Å². The average Bonchev–Trinajstić information content (AvgIpc) is 3.26. The van der Waals surface area contributed by atoms with Gasteiger partial charge < -0.3 is 14.8 Å². The molecule has 0 saturated carbocycles. The fourth-order valence-electron chi connectivity index (χ4n) is 3.65. The molecule has 0 aliphatic carbocycles. The second-order valence-corrected chi connectivity index (χ2v) is 8.58. The van der Waals surface area contributed by atoms with E-state index in [0.29, 0.717) is 39.0 Å². The monoisotopic (exact) mass is 543 g/mol. The number of rotatable bonds is 9. The Labute approximate surface area is 230 Å². The molecule has 0 bridgehead atoms. The van der Waals surface area contributed by atoms with Crippen LogP contribution in [0.1, 0.15) is 27.2 Å². The van der Waals surface area contributed by atoms with E-state index in [1.165, 1.54) is 19.4 Å². The van der Waals surface area contributed by atoms with Gasteiger partial charge in [0.05, 0.1) is 37.4 Å². The molecule has 198 valence electrons. The van der Waals surface area contributed by atoms with E-state index in [-0.39, 0.29) is 5.70 Å². The number of hydrogen-bond donors (Lipinski definition) is 2. The van der Waals surface area contributed by atoms with Crippen molar-refractivity contribution in [3.05, 3.63) is 112 Å². The molecular weight excluding hydrogens is 518 g/mol. The van der Waals surface area contributed by atoms with Crippen molar-refractivity contribution in [3.63, 3.8) is 0 Å². The first kappa shape index (κ1) is 27.2. The number of aryl methyl sites for hydroxylation is 1. The lowest BCUT2D eigenvalue weighted by Gasteiger charge is -2.11. The molecule has 1 aromatic heterocycles. The summed E-state index contributed by atoms with van der Waals surface area (Å²) in [6.07, 6.45) is 2.90. The van der Waals surface area contributed by atoms with Gasteiger partial charge in [-0.3, -0.25) is 9.59 Å². The highest BCUT2D eigenvalue weighted by Gasteiger charge is 2.17. The molecule has 2 amide bonds. The minimum Gasteiger partial charge on any atom is -0.497 e. The van der Waals surface area contributed by atoms with Crippen molar-refractivity contribution in [2.24, 2.45) is 5.10 Å². The highest BCUT2D eigenvalue weighted by molar-refractivity contribution is 6.32. The third kappa shape index (κ3) is 6.52. The van der Waals surface area contributed by atoms with Crippen LogP contribution < -0.4 is 20.2 Å². The summed E-state index contributed by atoms with van der Waals surface area (Å²) in [5, 5.41) is 11.5. The van der Waals surface area contributed by atoms with Crippen LogP contribution in [0.2, 0.25) is 5.15 Å². The summed E-state index contributed by atoms with van der Waals surface area (Å²) in [7, 11) is 3.04. The number of aromatic nitrogens is 2. The van der Waals surface area contributed by atoms with Crippen molar-refractivity contribution in [1.82, 2.24) is 20.5 Å². The standard InChI is InChI=1S/C29H26ClN5O4/c1-19-24(27(30)35(34-19)22-12-8-5-9-13-22)18-31-33-29(37)25(32-28(36)20-10-6-4-7-11-20)16-21-14-15-23(38-2)17-26(21)39-3/h4-18H,1-3H3,(H,32,36)(H,33,37). The Kier molecular flexibility index (Phi) is 8.75. The van der Waals surface area contributed by atoms with Crippen molar-refractivity contribution in [2.75, 3.05) is 14.2 Å². The van der Waals surface area contributed by atoms with Gasteiger partial charge in [0.15, 0.2) is 0 Å². The number of hydrogen-bond acceptors (Lipinski definition) is 6. The molecule has 0 spiro atoms. The predicted molar refractivity (Wildman–Crippen MR) is 150 cm³/mol. The number of halogens is 1. The van der Waals surface area contributed by atoms with Crippen LogP contribution >= 0.6 is 11.6 Å². The number of hydrazone groups is 1. The fourth-order valence-corrected chi connectivity index (χ4v) is 3.97. The summed E-state index contributed by atoms with van der Waals surface area (Å²) in [5.41, 5.74) is 5.29. The maximum atomic E-state index is 13.2. The Balaban J connectivity index is 1.61.